The van der Waals surface area contributed by atoms with Crippen LogP contribution in [-0.2, 0) is 13.1 Å². The van der Waals surface area contributed by atoms with Crippen molar-refractivity contribution in [3.8, 4) is 5.75 Å². The summed E-state index contributed by atoms with van der Waals surface area (Å²) in [5.74, 6) is 2.33. The van der Waals surface area contributed by atoms with Crippen molar-refractivity contribution in [3.05, 3.63) is 64.7 Å². The Morgan fingerprint density at radius 2 is 1.88 bits per heavy atom. The van der Waals surface area contributed by atoms with Crippen LogP contribution in [0.25, 0.3) is 0 Å². The van der Waals surface area contributed by atoms with Crippen molar-refractivity contribution in [3.63, 3.8) is 0 Å². The van der Waals surface area contributed by atoms with Gasteiger partial charge in [-0.1, -0.05) is 31.2 Å². The van der Waals surface area contributed by atoms with Crippen LogP contribution in [0.2, 0.25) is 0 Å². The number of halogens is 1. The summed E-state index contributed by atoms with van der Waals surface area (Å²) in [7, 11) is 1.75. The highest BCUT2D eigenvalue weighted by Gasteiger charge is 2.22. The molecular formula is C25H35IN4O2. The van der Waals surface area contributed by atoms with Gasteiger partial charge < -0.3 is 20.7 Å². The lowest BCUT2D eigenvalue weighted by atomic mass is 10.1. The Labute approximate surface area is 208 Å². The van der Waals surface area contributed by atoms with E-state index in [9.17, 15) is 4.79 Å². The van der Waals surface area contributed by atoms with Crippen LogP contribution in [0.5, 0.6) is 5.75 Å². The third-order valence-electron chi connectivity index (χ3n) is 5.25. The topological polar surface area (TPSA) is 74.8 Å². The standard InChI is InChI=1S/C25H34N4O2.HI/c1-4-12-27-24(30)21-7-5-6-20(14-21)15-28-25(26-3)29-16-22-11-8-18(2)13-23(22)31-17-19-9-10-19;/h5-8,11,13-14,19H,4,9-10,12,15-17H2,1-3H3,(H,27,30)(H2,26,28,29);1H. The molecule has 1 aliphatic carbocycles. The van der Waals surface area contributed by atoms with Crippen molar-refractivity contribution >= 4 is 35.8 Å². The molecule has 0 atom stereocenters. The fourth-order valence-corrected chi connectivity index (χ4v) is 3.18. The van der Waals surface area contributed by atoms with E-state index in [0.29, 0.717) is 31.2 Å². The molecule has 7 heteroatoms. The summed E-state index contributed by atoms with van der Waals surface area (Å²) in [6.07, 6.45) is 3.47. The predicted molar refractivity (Wildman–Crippen MR) is 141 cm³/mol. The zero-order valence-electron chi connectivity index (χ0n) is 19.2. The summed E-state index contributed by atoms with van der Waals surface area (Å²) in [6.45, 7) is 6.80. The van der Waals surface area contributed by atoms with Crippen LogP contribution in [-0.4, -0.2) is 32.1 Å². The quantitative estimate of drug-likeness (QED) is 0.233. The first kappa shape index (κ1) is 26.0. The van der Waals surface area contributed by atoms with Gasteiger partial charge in [-0.3, -0.25) is 9.79 Å². The maximum atomic E-state index is 12.2. The van der Waals surface area contributed by atoms with E-state index < -0.39 is 0 Å². The van der Waals surface area contributed by atoms with Crippen molar-refractivity contribution in [1.29, 1.82) is 0 Å². The van der Waals surface area contributed by atoms with Gasteiger partial charge in [-0.05, 0) is 61.4 Å². The Morgan fingerprint density at radius 3 is 2.59 bits per heavy atom. The molecule has 2 aromatic carbocycles. The molecule has 1 amide bonds. The molecule has 0 heterocycles. The molecule has 0 saturated heterocycles. The van der Waals surface area contributed by atoms with Crippen molar-refractivity contribution in [2.45, 2.75) is 46.2 Å². The zero-order chi connectivity index (χ0) is 22.1. The first-order chi connectivity index (χ1) is 15.1. The Morgan fingerprint density at radius 1 is 1.09 bits per heavy atom. The number of nitrogens with zero attached hydrogens (tertiary/aromatic N) is 1. The average Bonchev–Trinajstić information content (AvgIpc) is 3.62. The predicted octanol–water partition coefficient (Wildman–Crippen LogP) is 4.41. The molecule has 1 fully saturated rings. The molecule has 0 aliphatic heterocycles. The SMILES string of the molecule is CCCNC(=O)c1cccc(CNC(=NC)NCc2ccc(C)cc2OCC2CC2)c1.I. The molecule has 32 heavy (non-hydrogen) atoms. The summed E-state index contributed by atoms with van der Waals surface area (Å²) in [4.78, 5) is 16.5. The third-order valence-corrected chi connectivity index (χ3v) is 5.25. The van der Waals surface area contributed by atoms with Crippen LogP contribution >= 0.6 is 24.0 Å². The number of hydrogen-bond acceptors (Lipinski definition) is 3. The first-order valence-electron chi connectivity index (χ1n) is 11.1. The van der Waals surface area contributed by atoms with Gasteiger partial charge in [0.25, 0.3) is 5.91 Å². The minimum Gasteiger partial charge on any atom is -0.493 e. The molecule has 3 rings (SSSR count). The lowest BCUT2D eigenvalue weighted by Gasteiger charge is -2.16. The van der Waals surface area contributed by atoms with Gasteiger partial charge in [0.05, 0.1) is 6.61 Å². The van der Waals surface area contributed by atoms with Gasteiger partial charge in [0, 0.05) is 37.8 Å². The molecule has 1 aliphatic rings. The lowest BCUT2D eigenvalue weighted by molar-refractivity contribution is 0.0953. The van der Waals surface area contributed by atoms with E-state index in [1.807, 2.05) is 31.2 Å². The fraction of sp³-hybridized carbons (Fsp3) is 0.440. The average molecular weight is 550 g/mol. The molecule has 0 bridgehead atoms. The van der Waals surface area contributed by atoms with E-state index in [1.54, 1.807) is 7.05 Å². The van der Waals surface area contributed by atoms with Crippen LogP contribution in [0.15, 0.2) is 47.5 Å². The zero-order valence-corrected chi connectivity index (χ0v) is 21.6. The second-order valence-corrected chi connectivity index (χ2v) is 8.10. The molecule has 3 N–H and O–H groups in total. The van der Waals surface area contributed by atoms with Gasteiger partial charge in [-0.2, -0.15) is 0 Å². The highest BCUT2D eigenvalue weighted by molar-refractivity contribution is 14.0. The second-order valence-electron chi connectivity index (χ2n) is 8.10. The number of aliphatic imine (C=N–C) groups is 1. The van der Waals surface area contributed by atoms with Crippen molar-refractivity contribution in [1.82, 2.24) is 16.0 Å². The number of hydrogen-bond donors (Lipinski definition) is 3. The van der Waals surface area contributed by atoms with Crippen LogP contribution in [0.1, 0.15) is 53.2 Å². The normalized spacial score (nSPS) is 13.2. The van der Waals surface area contributed by atoms with Gasteiger partial charge in [-0.15, -0.1) is 24.0 Å². The van der Waals surface area contributed by atoms with Crippen molar-refractivity contribution in [2.75, 3.05) is 20.2 Å². The highest BCUT2D eigenvalue weighted by Crippen LogP contribution is 2.30. The minimum absolute atomic E-state index is 0. The summed E-state index contributed by atoms with van der Waals surface area (Å²) < 4.78 is 6.06. The summed E-state index contributed by atoms with van der Waals surface area (Å²) >= 11 is 0. The number of guanidine groups is 1. The number of carbonyl (C=O) groups is 1. The number of amides is 1. The monoisotopic (exact) mass is 550 g/mol. The van der Waals surface area contributed by atoms with Gasteiger partial charge >= 0.3 is 0 Å². The van der Waals surface area contributed by atoms with Gasteiger partial charge in [0.1, 0.15) is 5.75 Å². The maximum absolute atomic E-state index is 12.2. The molecule has 0 spiro atoms. The second kappa shape index (κ2) is 13.3. The van der Waals surface area contributed by atoms with Crippen LogP contribution in [0.4, 0.5) is 0 Å². The van der Waals surface area contributed by atoms with Crippen molar-refractivity contribution < 1.29 is 9.53 Å². The number of carbonyl (C=O) groups excluding carboxylic acids is 1. The molecule has 0 radical (unpaired) electrons. The van der Waals surface area contributed by atoms with E-state index in [4.69, 9.17) is 4.74 Å². The van der Waals surface area contributed by atoms with E-state index in [1.165, 1.54) is 18.4 Å². The summed E-state index contributed by atoms with van der Waals surface area (Å²) in [6, 6.07) is 14.0. The molecule has 0 unspecified atom stereocenters. The molecule has 1 saturated carbocycles. The Bertz CT molecular complexity index is 913. The fourth-order valence-electron chi connectivity index (χ4n) is 3.18. The number of rotatable bonds is 10. The summed E-state index contributed by atoms with van der Waals surface area (Å²) in [5, 5.41) is 9.60. The number of ether oxygens (including phenoxy) is 1. The Kier molecular flexibility index (Phi) is 10.8. The van der Waals surface area contributed by atoms with Crippen LogP contribution < -0.4 is 20.7 Å². The Hall–Kier alpha value is -2.29. The van der Waals surface area contributed by atoms with E-state index in [-0.39, 0.29) is 29.9 Å². The molecule has 2 aromatic rings. The van der Waals surface area contributed by atoms with Crippen molar-refractivity contribution in [2.24, 2.45) is 10.9 Å². The lowest BCUT2D eigenvalue weighted by Crippen LogP contribution is -2.36. The molecule has 6 nitrogen and oxygen atoms in total. The minimum atomic E-state index is -0.0377. The van der Waals surface area contributed by atoms with E-state index >= 15 is 0 Å². The maximum Gasteiger partial charge on any atom is 0.251 e. The number of benzene rings is 2. The third kappa shape index (κ3) is 8.33. The smallest absolute Gasteiger partial charge is 0.251 e. The number of aryl methyl sites for hydroxylation is 1. The van der Waals surface area contributed by atoms with Gasteiger partial charge in [-0.25, -0.2) is 0 Å². The molecular weight excluding hydrogens is 515 g/mol. The van der Waals surface area contributed by atoms with Crippen LogP contribution in [0, 0.1) is 12.8 Å². The van der Waals surface area contributed by atoms with E-state index in [2.05, 4.69) is 46.1 Å². The molecule has 174 valence electrons. The Balaban J connectivity index is 0.00000363. The van der Waals surface area contributed by atoms with Crippen LogP contribution in [0.3, 0.4) is 0 Å². The number of nitrogens with one attached hydrogen (secondary N) is 3. The molecule has 0 aromatic heterocycles. The summed E-state index contributed by atoms with van der Waals surface area (Å²) in [5.41, 5.74) is 4.01. The van der Waals surface area contributed by atoms with Gasteiger partial charge in [0.2, 0.25) is 0 Å². The first-order valence-corrected chi connectivity index (χ1v) is 11.1. The van der Waals surface area contributed by atoms with E-state index in [0.717, 1.165) is 35.8 Å². The highest BCUT2D eigenvalue weighted by atomic mass is 127. The largest absolute Gasteiger partial charge is 0.493 e. The van der Waals surface area contributed by atoms with Gasteiger partial charge in [0.15, 0.2) is 5.96 Å².